The van der Waals surface area contributed by atoms with E-state index in [0.717, 1.165) is 48.1 Å². The average Bonchev–Trinajstić information content (AvgIpc) is 3.24. The zero-order valence-corrected chi connectivity index (χ0v) is 19.5. The molecule has 2 aromatic carbocycles. The van der Waals surface area contributed by atoms with Crippen LogP contribution in [0, 0.1) is 0 Å². The second kappa shape index (κ2) is 10.2. The van der Waals surface area contributed by atoms with E-state index in [0.29, 0.717) is 23.8 Å². The molecule has 0 radical (unpaired) electrons. The van der Waals surface area contributed by atoms with E-state index in [4.69, 9.17) is 21.8 Å². The van der Waals surface area contributed by atoms with Gasteiger partial charge in [-0.2, -0.15) is 5.10 Å². The zero-order chi connectivity index (χ0) is 23.4. The summed E-state index contributed by atoms with van der Waals surface area (Å²) in [4.78, 5) is 26.2. The molecule has 0 spiro atoms. The second-order valence-electron chi connectivity index (χ2n) is 8.59. The lowest BCUT2D eigenvalue weighted by Gasteiger charge is -2.33. The van der Waals surface area contributed by atoms with Crippen LogP contribution in [0.2, 0.25) is 5.02 Å². The van der Waals surface area contributed by atoms with Gasteiger partial charge in [-0.3, -0.25) is 14.3 Å². The smallest absolute Gasteiger partial charge is 0.307 e. The fourth-order valence-corrected chi connectivity index (χ4v) is 4.43. The summed E-state index contributed by atoms with van der Waals surface area (Å²) >= 11 is 6.03. The van der Waals surface area contributed by atoms with Crippen LogP contribution in [0.15, 0.2) is 54.6 Å². The number of aromatic nitrogens is 2. The first-order valence-electron chi connectivity index (χ1n) is 11.4. The third-order valence-corrected chi connectivity index (χ3v) is 6.30. The highest BCUT2D eigenvalue weighted by atomic mass is 35.5. The Hall–Kier alpha value is -3.12. The van der Waals surface area contributed by atoms with E-state index in [1.54, 1.807) is 0 Å². The number of rotatable bonds is 9. The number of halogens is 1. The topological polar surface area (TPSA) is 75.4 Å². The lowest BCUT2D eigenvalue weighted by molar-refractivity contribution is -0.136. The van der Waals surface area contributed by atoms with Crippen molar-refractivity contribution < 1.29 is 14.7 Å². The van der Waals surface area contributed by atoms with Gasteiger partial charge in [-0.15, -0.1) is 0 Å². The molecule has 7 heteroatoms. The number of carboxylic acid groups (broad SMARTS) is 1. The number of aliphatic carboxylic acids is 1. The highest BCUT2D eigenvalue weighted by molar-refractivity contribution is 6.30. The summed E-state index contributed by atoms with van der Waals surface area (Å²) in [6.07, 6.45) is 4.33. The molecule has 172 valence electrons. The van der Waals surface area contributed by atoms with E-state index < -0.39 is 5.97 Å². The van der Waals surface area contributed by atoms with E-state index in [-0.39, 0.29) is 18.4 Å². The number of unbranched alkanes of at least 4 members (excludes halogenated alkanes) is 2. The minimum Gasteiger partial charge on any atom is -0.481 e. The number of carbonyl (C=O) groups excluding carboxylic acids is 1. The molecule has 0 saturated heterocycles. The van der Waals surface area contributed by atoms with Crippen molar-refractivity contribution in [2.45, 2.75) is 51.6 Å². The van der Waals surface area contributed by atoms with Crippen molar-refractivity contribution >= 4 is 23.5 Å². The summed E-state index contributed by atoms with van der Waals surface area (Å²) in [6, 6.07) is 16.9. The fraction of sp³-hybridized carbons (Fsp3) is 0.346. The van der Waals surface area contributed by atoms with Gasteiger partial charge in [0.25, 0.3) is 5.91 Å². The normalized spacial score (nSPS) is 15.5. The number of hydrogen-bond acceptors (Lipinski definition) is 3. The molecule has 3 aromatic rings. The molecule has 1 N–H and O–H groups in total. The number of carbonyl (C=O) groups is 2. The Morgan fingerprint density at radius 2 is 1.79 bits per heavy atom. The van der Waals surface area contributed by atoms with E-state index in [1.807, 2.05) is 64.2 Å². The van der Waals surface area contributed by atoms with Gasteiger partial charge in [0.2, 0.25) is 0 Å². The van der Waals surface area contributed by atoms with Crippen LogP contribution < -0.4 is 0 Å². The van der Waals surface area contributed by atoms with Gasteiger partial charge in [0.1, 0.15) is 5.69 Å². The molecule has 6 nitrogen and oxygen atoms in total. The third-order valence-electron chi connectivity index (χ3n) is 6.05. The number of hydrogen-bond donors (Lipinski definition) is 1. The van der Waals surface area contributed by atoms with Crippen molar-refractivity contribution in [3.8, 4) is 11.3 Å². The zero-order valence-electron chi connectivity index (χ0n) is 18.7. The molecular weight excluding hydrogens is 438 g/mol. The van der Waals surface area contributed by atoms with Gasteiger partial charge in [0.15, 0.2) is 0 Å². The molecule has 1 aliphatic rings. The maximum Gasteiger partial charge on any atom is 0.307 e. The van der Waals surface area contributed by atoms with Crippen LogP contribution >= 0.6 is 11.6 Å². The average molecular weight is 466 g/mol. The van der Waals surface area contributed by atoms with Crippen molar-refractivity contribution in [2.75, 3.05) is 6.54 Å². The van der Waals surface area contributed by atoms with Crippen LogP contribution in [0.3, 0.4) is 0 Å². The molecule has 33 heavy (non-hydrogen) atoms. The SMILES string of the molecule is CCCCCC1CN(Cc2ccc(CC(=O)O)cc2)C(=O)c2cc(-c3ccc(Cl)cc3)nn21. The Kier molecular flexibility index (Phi) is 7.14. The molecule has 1 atom stereocenters. The molecule has 1 aliphatic heterocycles. The predicted molar refractivity (Wildman–Crippen MR) is 128 cm³/mol. The highest BCUT2D eigenvalue weighted by Gasteiger charge is 2.32. The van der Waals surface area contributed by atoms with Crippen molar-refractivity contribution in [2.24, 2.45) is 0 Å². The van der Waals surface area contributed by atoms with Gasteiger partial charge in [-0.25, -0.2) is 0 Å². The second-order valence-corrected chi connectivity index (χ2v) is 9.03. The maximum absolute atomic E-state index is 13.4. The first-order chi connectivity index (χ1) is 15.9. The molecule has 0 aliphatic carbocycles. The molecule has 1 unspecified atom stereocenters. The standard InChI is InChI=1S/C26H28ClN3O3/c1-2-3-4-5-22-17-29(16-19-8-6-18(7-9-19)14-25(31)32)26(33)24-15-23(28-30(22)24)20-10-12-21(27)13-11-20/h6-13,15,22H,2-5,14,16-17H2,1H3,(H,31,32). The van der Waals surface area contributed by atoms with E-state index in [1.165, 1.54) is 0 Å². The Morgan fingerprint density at radius 1 is 1.09 bits per heavy atom. The minimum atomic E-state index is -0.853. The van der Waals surface area contributed by atoms with Gasteiger partial charge in [0.05, 0.1) is 18.2 Å². The maximum atomic E-state index is 13.4. The van der Waals surface area contributed by atoms with Crippen LogP contribution in [0.1, 0.15) is 60.3 Å². The van der Waals surface area contributed by atoms with Gasteiger partial charge in [-0.05, 0) is 35.7 Å². The molecule has 0 bridgehead atoms. The van der Waals surface area contributed by atoms with Gasteiger partial charge < -0.3 is 10.0 Å². The first-order valence-corrected chi connectivity index (χ1v) is 11.8. The molecule has 4 rings (SSSR count). The van der Waals surface area contributed by atoms with Crippen molar-refractivity contribution in [1.29, 1.82) is 0 Å². The van der Waals surface area contributed by atoms with E-state index in [2.05, 4.69) is 6.92 Å². The first kappa shape index (κ1) is 23.1. The highest BCUT2D eigenvalue weighted by Crippen LogP contribution is 2.30. The summed E-state index contributed by atoms with van der Waals surface area (Å²) in [5.41, 5.74) is 4.04. The quantitative estimate of drug-likeness (QED) is 0.417. The molecule has 2 heterocycles. The summed E-state index contributed by atoms with van der Waals surface area (Å²) in [7, 11) is 0. The molecule has 1 amide bonds. The summed E-state index contributed by atoms with van der Waals surface area (Å²) < 4.78 is 1.91. The van der Waals surface area contributed by atoms with Crippen LogP contribution in [0.5, 0.6) is 0 Å². The monoisotopic (exact) mass is 465 g/mol. The minimum absolute atomic E-state index is 0.00487. The number of carboxylic acids is 1. The third kappa shape index (κ3) is 5.45. The molecule has 0 saturated carbocycles. The van der Waals surface area contributed by atoms with Crippen LogP contribution in [0.25, 0.3) is 11.3 Å². The lowest BCUT2D eigenvalue weighted by atomic mass is 10.0. The molecule has 1 aromatic heterocycles. The van der Waals surface area contributed by atoms with Crippen molar-refractivity contribution in [3.05, 3.63) is 76.4 Å². The number of nitrogens with zero attached hydrogens (tertiary/aromatic N) is 3. The van der Waals surface area contributed by atoms with Crippen LogP contribution in [-0.2, 0) is 17.8 Å². The van der Waals surface area contributed by atoms with Gasteiger partial charge >= 0.3 is 5.97 Å². The Bertz CT molecular complexity index is 1120. The largest absolute Gasteiger partial charge is 0.481 e. The number of amides is 1. The fourth-order valence-electron chi connectivity index (χ4n) is 4.31. The number of benzene rings is 2. The van der Waals surface area contributed by atoms with E-state index >= 15 is 0 Å². The van der Waals surface area contributed by atoms with Crippen molar-refractivity contribution in [1.82, 2.24) is 14.7 Å². The lowest BCUT2D eigenvalue weighted by Crippen LogP contribution is -2.42. The van der Waals surface area contributed by atoms with Crippen LogP contribution in [0.4, 0.5) is 0 Å². The Labute approximate surface area is 198 Å². The Morgan fingerprint density at radius 3 is 2.45 bits per heavy atom. The molecular formula is C26H28ClN3O3. The van der Waals surface area contributed by atoms with Gasteiger partial charge in [-0.1, -0.05) is 74.2 Å². The van der Waals surface area contributed by atoms with Crippen LogP contribution in [-0.4, -0.2) is 38.2 Å². The van der Waals surface area contributed by atoms with Crippen molar-refractivity contribution in [3.63, 3.8) is 0 Å². The molecule has 0 fully saturated rings. The van der Waals surface area contributed by atoms with Gasteiger partial charge in [0, 0.05) is 23.7 Å². The Balaban J connectivity index is 1.59. The summed E-state index contributed by atoms with van der Waals surface area (Å²) in [5, 5.41) is 14.4. The summed E-state index contributed by atoms with van der Waals surface area (Å²) in [6.45, 7) is 3.27. The summed E-state index contributed by atoms with van der Waals surface area (Å²) in [5.74, 6) is -0.891. The number of fused-ring (bicyclic) bond motifs is 1. The predicted octanol–water partition coefficient (Wildman–Crippen LogP) is 5.61. The van der Waals surface area contributed by atoms with E-state index in [9.17, 15) is 9.59 Å².